The Labute approximate surface area is 92.0 Å². The standard InChI is InChI=1S/C13H20O2/c1-5-6-7-12-13(3,4)9-11(15-12)8-10(2)14/h5-7,11H,8-9H2,1-4H3/b6-5+,12-7+. The van der Waals surface area contributed by atoms with Crippen LogP contribution in [0.3, 0.4) is 0 Å². The summed E-state index contributed by atoms with van der Waals surface area (Å²) in [7, 11) is 0. The highest BCUT2D eigenvalue weighted by atomic mass is 16.5. The fourth-order valence-electron chi connectivity index (χ4n) is 1.93. The van der Waals surface area contributed by atoms with Crippen molar-refractivity contribution < 1.29 is 9.53 Å². The van der Waals surface area contributed by atoms with Crippen LogP contribution >= 0.6 is 0 Å². The van der Waals surface area contributed by atoms with E-state index in [9.17, 15) is 4.79 Å². The maximum absolute atomic E-state index is 11.0. The molecular formula is C13H20O2. The third-order valence-corrected chi connectivity index (χ3v) is 2.65. The first-order valence-electron chi connectivity index (χ1n) is 5.45. The molecule has 1 fully saturated rings. The highest BCUT2D eigenvalue weighted by molar-refractivity contribution is 5.76. The summed E-state index contributed by atoms with van der Waals surface area (Å²) in [6, 6.07) is 0. The maximum Gasteiger partial charge on any atom is 0.133 e. The predicted molar refractivity (Wildman–Crippen MR) is 61.5 cm³/mol. The van der Waals surface area contributed by atoms with Gasteiger partial charge in [0.25, 0.3) is 0 Å². The van der Waals surface area contributed by atoms with Crippen LogP contribution in [0, 0.1) is 5.41 Å². The Morgan fingerprint density at radius 1 is 1.60 bits per heavy atom. The molecule has 0 N–H and O–H groups in total. The molecule has 1 aliphatic rings. The van der Waals surface area contributed by atoms with Gasteiger partial charge >= 0.3 is 0 Å². The van der Waals surface area contributed by atoms with Gasteiger partial charge in [-0.05, 0) is 26.3 Å². The van der Waals surface area contributed by atoms with E-state index in [1.807, 2.05) is 25.2 Å². The molecule has 1 saturated heterocycles. The van der Waals surface area contributed by atoms with Crippen LogP contribution in [-0.2, 0) is 9.53 Å². The van der Waals surface area contributed by atoms with Crippen molar-refractivity contribution in [2.24, 2.45) is 5.41 Å². The number of ether oxygens (including phenoxy) is 1. The van der Waals surface area contributed by atoms with E-state index in [-0.39, 0.29) is 17.3 Å². The lowest BCUT2D eigenvalue weighted by molar-refractivity contribution is -0.118. The lowest BCUT2D eigenvalue weighted by Gasteiger charge is -2.15. The van der Waals surface area contributed by atoms with E-state index in [4.69, 9.17) is 4.74 Å². The summed E-state index contributed by atoms with van der Waals surface area (Å²) in [5.41, 5.74) is 0.0552. The maximum atomic E-state index is 11.0. The number of carbonyl (C=O) groups is 1. The van der Waals surface area contributed by atoms with E-state index in [2.05, 4.69) is 13.8 Å². The lowest BCUT2D eigenvalue weighted by atomic mass is 9.86. The van der Waals surface area contributed by atoms with Gasteiger partial charge in [-0.15, -0.1) is 0 Å². The third kappa shape index (κ3) is 3.22. The van der Waals surface area contributed by atoms with Gasteiger partial charge in [-0.2, -0.15) is 0 Å². The molecule has 1 unspecified atom stereocenters. The Morgan fingerprint density at radius 2 is 2.27 bits per heavy atom. The van der Waals surface area contributed by atoms with Crippen LogP contribution < -0.4 is 0 Å². The fraction of sp³-hybridized carbons (Fsp3) is 0.615. The second-order valence-corrected chi connectivity index (χ2v) is 4.79. The summed E-state index contributed by atoms with van der Waals surface area (Å²) >= 11 is 0. The van der Waals surface area contributed by atoms with Gasteiger partial charge < -0.3 is 4.74 Å². The first-order chi connectivity index (χ1) is 6.95. The molecule has 2 nitrogen and oxygen atoms in total. The molecule has 0 aromatic carbocycles. The molecule has 0 bridgehead atoms. The highest BCUT2D eigenvalue weighted by Gasteiger charge is 2.37. The number of ketones is 1. The van der Waals surface area contributed by atoms with Crippen LogP contribution in [0.15, 0.2) is 24.0 Å². The minimum atomic E-state index is 0.0552. The van der Waals surface area contributed by atoms with Crippen LogP contribution in [-0.4, -0.2) is 11.9 Å². The molecule has 2 heteroatoms. The zero-order valence-electron chi connectivity index (χ0n) is 10.0. The summed E-state index contributed by atoms with van der Waals surface area (Å²) in [5.74, 6) is 1.19. The quantitative estimate of drug-likeness (QED) is 0.711. The van der Waals surface area contributed by atoms with Gasteiger partial charge in [0.1, 0.15) is 17.6 Å². The van der Waals surface area contributed by atoms with Crippen molar-refractivity contribution in [3.8, 4) is 0 Å². The second kappa shape index (κ2) is 4.65. The number of Topliss-reactive ketones (excluding diaryl/α,β-unsaturated/α-hetero) is 1. The van der Waals surface area contributed by atoms with Gasteiger partial charge in [-0.1, -0.05) is 26.0 Å². The molecule has 0 radical (unpaired) electrons. The molecule has 0 saturated carbocycles. The molecule has 0 aromatic rings. The topological polar surface area (TPSA) is 26.3 Å². The minimum absolute atomic E-state index is 0.0552. The van der Waals surface area contributed by atoms with E-state index in [0.717, 1.165) is 12.2 Å². The first kappa shape index (κ1) is 12.0. The average molecular weight is 208 g/mol. The van der Waals surface area contributed by atoms with Gasteiger partial charge in [0.05, 0.1) is 0 Å². The van der Waals surface area contributed by atoms with Crippen LogP contribution in [0.25, 0.3) is 0 Å². The lowest BCUT2D eigenvalue weighted by Crippen LogP contribution is -2.12. The molecule has 0 amide bonds. The number of allylic oxidation sites excluding steroid dienone is 4. The number of hydrogen-bond donors (Lipinski definition) is 0. The van der Waals surface area contributed by atoms with Crippen LogP contribution in [0.4, 0.5) is 0 Å². The summed E-state index contributed by atoms with van der Waals surface area (Å²) in [4.78, 5) is 11.0. The Bertz CT molecular complexity index is 298. The first-order valence-corrected chi connectivity index (χ1v) is 5.45. The van der Waals surface area contributed by atoms with Crippen molar-refractivity contribution in [1.82, 2.24) is 0 Å². The molecule has 1 atom stereocenters. The van der Waals surface area contributed by atoms with Crippen molar-refractivity contribution in [3.63, 3.8) is 0 Å². The zero-order valence-corrected chi connectivity index (χ0v) is 10.0. The summed E-state index contributed by atoms with van der Waals surface area (Å²) in [5, 5.41) is 0. The van der Waals surface area contributed by atoms with E-state index in [0.29, 0.717) is 6.42 Å². The van der Waals surface area contributed by atoms with Crippen molar-refractivity contribution >= 4 is 5.78 Å². The molecule has 1 heterocycles. The van der Waals surface area contributed by atoms with Crippen LogP contribution in [0.1, 0.15) is 40.5 Å². The molecule has 0 spiro atoms. The Balaban J connectivity index is 2.72. The fourth-order valence-corrected chi connectivity index (χ4v) is 1.93. The summed E-state index contributed by atoms with van der Waals surface area (Å²) in [6.07, 6.45) is 7.47. The van der Waals surface area contributed by atoms with E-state index in [1.54, 1.807) is 6.92 Å². The zero-order chi connectivity index (χ0) is 11.5. The van der Waals surface area contributed by atoms with E-state index >= 15 is 0 Å². The molecular weight excluding hydrogens is 188 g/mol. The molecule has 1 rings (SSSR count). The monoisotopic (exact) mass is 208 g/mol. The molecule has 0 aliphatic carbocycles. The van der Waals surface area contributed by atoms with Gasteiger partial charge in [-0.3, -0.25) is 4.79 Å². The predicted octanol–water partition coefficient (Wildman–Crippen LogP) is 3.24. The largest absolute Gasteiger partial charge is 0.494 e. The SMILES string of the molecule is C/C=C/C=C1/OC(CC(C)=O)CC1(C)C. The van der Waals surface area contributed by atoms with Crippen molar-refractivity contribution in [1.29, 1.82) is 0 Å². The average Bonchev–Trinajstić information content (AvgIpc) is 2.35. The smallest absolute Gasteiger partial charge is 0.133 e. The Morgan fingerprint density at radius 3 is 2.80 bits per heavy atom. The summed E-state index contributed by atoms with van der Waals surface area (Å²) < 4.78 is 5.78. The molecule has 15 heavy (non-hydrogen) atoms. The Kier molecular flexibility index (Phi) is 3.72. The molecule has 1 aliphatic heterocycles. The van der Waals surface area contributed by atoms with Gasteiger partial charge in [0.15, 0.2) is 0 Å². The van der Waals surface area contributed by atoms with Crippen molar-refractivity contribution in [3.05, 3.63) is 24.0 Å². The summed E-state index contributed by atoms with van der Waals surface area (Å²) in [6.45, 7) is 7.90. The normalized spacial score (nSPS) is 27.2. The Hall–Kier alpha value is -1.05. The van der Waals surface area contributed by atoms with Gasteiger partial charge in [0.2, 0.25) is 0 Å². The second-order valence-electron chi connectivity index (χ2n) is 4.79. The van der Waals surface area contributed by atoms with Gasteiger partial charge in [0, 0.05) is 11.8 Å². The highest BCUT2D eigenvalue weighted by Crippen LogP contribution is 2.41. The van der Waals surface area contributed by atoms with E-state index in [1.165, 1.54) is 0 Å². The number of carbonyl (C=O) groups excluding carboxylic acids is 1. The number of rotatable bonds is 3. The van der Waals surface area contributed by atoms with E-state index < -0.39 is 0 Å². The minimum Gasteiger partial charge on any atom is -0.494 e. The molecule has 0 aromatic heterocycles. The molecule has 84 valence electrons. The third-order valence-electron chi connectivity index (χ3n) is 2.65. The van der Waals surface area contributed by atoms with Crippen LogP contribution in [0.5, 0.6) is 0 Å². The van der Waals surface area contributed by atoms with Gasteiger partial charge in [-0.25, -0.2) is 0 Å². The number of hydrogen-bond acceptors (Lipinski definition) is 2. The van der Waals surface area contributed by atoms with Crippen LogP contribution in [0.2, 0.25) is 0 Å². The van der Waals surface area contributed by atoms with Crippen molar-refractivity contribution in [2.75, 3.05) is 0 Å². The van der Waals surface area contributed by atoms with Crippen molar-refractivity contribution in [2.45, 2.75) is 46.6 Å².